The van der Waals surface area contributed by atoms with Crippen molar-refractivity contribution in [2.45, 2.75) is 53.8 Å². The van der Waals surface area contributed by atoms with Crippen LogP contribution < -0.4 is 0 Å². The van der Waals surface area contributed by atoms with Crippen LogP contribution in [0.2, 0.25) is 6.32 Å². The molecule has 0 aromatic rings. The quantitative estimate of drug-likeness (QED) is 0.457. The molecule has 0 atom stereocenters. The summed E-state index contributed by atoms with van der Waals surface area (Å²) in [7, 11) is 2.21. The second kappa shape index (κ2) is 11.1. The van der Waals surface area contributed by atoms with Crippen LogP contribution in [0.1, 0.15) is 47.5 Å². The Hall–Kier alpha value is 0.0249. The molecule has 0 amide bonds. The molecular formula is C12H31BN+. The Kier molecular flexibility index (Phi) is 13.0. The molecule has 0 spiro atoms. The van der Waals surface area contributed by atoms with Gasteiger partial charge in [-0.2, -0.15) is 0 Å². The number of quaternary nitrogens is 1. The minimum atomic E-state index is 1.28. The lowest BCUT2D eigenvalue weighted by Gasteiger charge is -2.34. The van der Waals surface area contributed by atoms with E-state index in [0.717, 1.165) is 0 Å². The standard InChI is InChI=1S/C8H20N.C4H11B/c1-5-9(6-2,7-3)8-4;1-2-3-4-5/h5-8H2,1-4H3;2-5H2,1H3/q+1;. The molecule has 0 heterocycles. The first-order valence-corrected chi connectivity index (χ1v) is 6.51. The van der Waals surface area contributed by atoms with E-state index in [1.54, 1.807) is 0 Å². The number of hydrogen-bond donors (Lipinski definition) is 0. The van der Waals surface area contributed by atoms with E-state index in [-0.39, 0.29) is 0 Å². The number of hydrogen-bond acceptors (Lipinski definition) is 0. The second-order valence-corrected chi connectivity index (χ2v) is 3.96. The monoisotopic (exact) mass is 200 g/mol. The predicted octanol–water partition coefficient (Wildman–Crippen LogP) is 2.72. The number of rotatable bonds is 6. The average molecular weight is 200 g/mol. The summed E-state index contributed by atoms with van der Waals surface area (Å²) in [6, 6.07) is 0. The van der Waals surface area contributed by atoms with Crippen LogP contribution in [-0.4, -0.2) is 38.5 Å². The van der Waals surface area contributed by atoms with Crippen molar-refractivity contribution in [3.05, 3.63) is 0 Å². The molecule has 1 nitrogen and oxygen atoms in total. The molecule has 0 rings (SSSR count). The molecule has 2 heteroatoms. The molecule has 0 aliphatic heterocycles. The summed E-state index contributed by atoms with van der Waals surface area (Å²) in [5.74, 6) is 0. The van der Waals surface area contributed by atoms with Crippen molar-refractivity contribution in [3.63, 3.8) is 0 Å². The van der Waals surface area contributed by atoms with Crippen LogP contribution in [0.3, 0.4) is 0 Å². The van der Waals surface area contributed by atoms with Crippen LogP contribution in [0.4, 0.5) is 0 Å². The topological polar surface area (TPSA) is 0 Å². The fraction of sp³-hybridized carbons (Fsp3) is 1.00. The van der Waals surface area contributed by atoms with E-state index in [4.69, 9.17) is 0 Å². The van der Waals surface area contributed by atoms with Crippen molar-refractivity contribution >= 4 is 7.85 Å². The lowest BCUT2D eigenvalue weighted by molar-refractivity contribution is -0.921. The maximum absolute atomic E-state index is 2.27. The van der Waals surface area contributed by atoms with Gasteiger partial charge in [0.25, 0.3) is 0 Å². The van der Waals surface area contributed by atoms with Gasteiger partial charge in [0, 0.05) is 0 Å². The third-order valence-electron chi connectivity index (χ3n) is 3.39. The Bertz CT molecular complexity index is 81.0. The minimum absolute atomic E-state index is 1.28. The summed E-state index contributed by atoms with van der Waals surface area (Å²) in [4.78, 5) is 0. The van der Waals surface area contributed by atoms with Crippen LogP contribution in [0.25, 0.3) is 0 Å². The Morgan fingerprint density at radius 3 is 1.14 bits per heavy atom. The SMILES string of the molecule is BCCCC.CC[N+](CC)(CC)CC. The highest BCUT2D eigenvalue weighted by Crippen LogP contribution is 2.03. The van der Waals surface area contributed by atoms with Crippen molar-refractivity contribution in [2.24, 2.45) is 0 Å². The Balaban J connectivity index is 0. The van der Waals surface area contributed by atoms with E-state index in [1.165, 1.54) is 49.8 Å². The van der Waals surface area contributed by atoms with Crippen LogP contribution in [0, 0.1) is 0 Å². The molecule has 14 heavy (non-hydrogen) atoms. The average Bonchev–Trinajstić information content (AvgIpc) is 2.24. The van der Waals surface area contributed by atoms with E-state index < -0.39 is 0 Å². The summed E-state index contributed by atoms with van der Waals surface area (Å²) in [6.45, 7) is 16.4. The van der Waals surface area contributed by atoms with Gasteiger partial charge in [-0.05, 0) is 27.7 Å². The molecule has 0 unspecified atom stereocenters. The van der Waals surface area contributed by atoms with Crippen molar-refractivity contribution in [2.75, 3.05) is 26.2 Å². The smallest absolute Gasteiger partial charge is 0.101 e. The van der Waals surface area contributed by atoms with Crippen molar-refractivity contribution in [1.29, 1.82) is 0 Å². The highest BCUT2D eigenvalue weighted by atomic mass is 15.3. The summed E-state index contributed by atoms with van der Waals surface area (Å²) in [5.41, 5.74) is 0. The summed E-state index contributed by atoms with van der Waals surface area (Å²) >= 11 is 0. The first kappa shape index (κ1) is 16.5. The first-order chi connectivity index (χ1) is 6.66. The second-order valence-electron chi connectivity index (χ2n) is 3.96. The van der Waals surface area contributed by atoms with Gasteiger partial charge in [0.15, 0.2) is 0 Å². The maximum atomic E-state index is 2.27. The van der Waals surface area contributed by atoms with E-state index in [0.29, 0.717) is 0 Å². The fourth-order valence-corrected chi connectivity index (χ4v) is 1.70. The van der Waals surface area contributed by atoms with Crippen LogP contribution in [0.15, 0.2) is 0 Å². The largest absolute Gasteiger partial charge is 0.325 e. The normalized spacial score (nSPS) is 10.6. The molecular weight excluding hydrogens is 169 g/mol. The molecule has 0 aromatic heterocycles. The van der Waals surface area contributed by atoms with Crippen LogP contribution in [-0.2, 0) is 0 Å². The zero-order valence-corrected chi connectivity index (χ0v) is 11.4. The highest BCUT2D eigenvalue weighted by Gasteiger charge is 2.16. The summed E-state index contributed by atoms with van der Waals surface area (Å²) < 4.78 is 1.28. The molecule has 0 aliphatic rings. The molecule has 0 aliphatic carbocycles. The third kappa shape index (κ3) is 7.43. The molecule has 0 radical (unpaired) electrons. The molecule has 0 saturated heterocycles. The van der Waals surface area contributed by atoms with Gasteiger partial charge in [0.2, 0.25) is 0 Å². The van der Waals surface area contributed by atoms with Crippen LogP contribution in [0.5, 0.6) is 0 Å². The zero-order chi connectivity index (χ0) is 11.4. The Morgan fingerprint density at radius 2 is 1.14 bits per heavy atom. The predicted molar refractivity (Wildman–Crippen MR) is 70.7 cm³/mol. The third-order valence-corrected chi connectivity index (χ3v) is 3.39. The fourth-order valence-electron chi connectivity index (χ4n) is 1.70. The van der Waals surface area contributed by atoms with Gasteiger partial charge < -0.3 is 4.48 Å². The van der Waals surface area contributed by atoms with E-state index in [2.05, 4.69) is 42.5 Å². The Morgan fingerprint density at radius 1 is 0.786 bits per heavy atom. The molecule has 0 N–H and O–H groups in total. The molecule has 0 bridgehead atoms. The van der Waals surface area contributed by atoms with Gasteiger partial charge in [0.05, 0.1) is 26.2 Å². The number of unbranched alkanes of at least 4 members (excludes halogenated alkanes) is 1. The maximum Gasteiger partial charge on any atom is 0.101 e. The molecule has 0 aromatic carbocycles. The van der Waals surface area contributed by atoms with Gasteiger partial charge in [-0.25, -0.2) is 0 Å². The molecule has 0 saturated carbocycles. The van der Waals surface area contributed by atoms with Crippen LogP contribution >= 0.6 is 0 Å². The molecule has 86 valence electrons. The van der Waals surface area contributed by atoms with Crippen molar-refractivity contribution < 1.29 is 4.48 Å². The first-order valence-electron chi connectivity index (χ1n) is 6.51. The summed E-state index contributed by atoms with van der Waals surface area (Å²) in [6.07, 6.45) is 4.08. The lowest BCUT2D eigenvalue weighted by atomic mass is 10.0. The highest BCUT2D eigenvalue weighted by molar-refractivity contribution is 6.08. The lowest BCUT2D eigenvalue weighted by Crippen LogP contribution is -2.47. The van der Waals surface area contributed by atoms with E-state index in [1.807, 2.05) is 0 Å². The minimum Gasteiger partial charge on any atom is -0.325 e. The van der Waals surface area contributed by atoms with E-state index in [9.17, 15) is 0 Å². The van der Waals surface area contributed by atoms with Gasteiger partial charge >= 0.3 is 0 Å². The van der Waals surface area contributed by atoms with Gasteiger partial charge in [0.1, 0.15) is 7.85 Å². The zero-order valence-electron chi connectivity index (χ0n) is 11.4. The van der Waals surface area contributed by atoms with Gasteiger partial charge in [-0.1, -0.05) is 26.1 Å². The van der Waals surface area contributed by atoms with Gasteiger partial charge in [-0.3, -0.25) is 0 Å². The summed E-state index contributed by atoms with van der Waals surface area (Å²) in [5, 5.41) is 0. The number of nitrogens with zero attached hydrogens (tertiary/aromatic N) is 1. The Labute approximate surface area is 92.9 Å². The van der Waals surface area contributed by atoms with Crippen molar-refractivity contribution in [3.8, 4) is 0 Å². The van der Waals surface area contributed by atoms with Crippen molar-refractivity contribution in [1.82, 2.24) is 0 Å². The van der Waals surface area contributed by atoms with E-state index >= 15 is 0 Å². The van der Waals surface area contributed by atoms with Gasteiger partial charge in [-0.15, -0.1) is 0 Å². The molecule has 0 fully saturated rings.